The summed E-state index contributed by atoms with van der Waals surface area (Å²) in [5.74, 6) is -0.908. The lowest BCUT2D eigenvalue weighted by molar-refractivity contribution is -0.109. The first kappa shape index (κ1) is 23.9. The minimum Gasteiger partial charge on any atom is -0.489 e. The molecule has 3 aromatic rings. The van der Waals surface area contributed by atoms with Crippen molar-refractivity contribution in [3.63, 3.8) is 0 Å². The van der Waals surface area contributed by atoms with Crippen molar-refractivity contribution in [1.29, 1.82) is 0 Å². The summed E-state index contributed by atoms with van der Waals surface area (Å²) in [6.45, 7) is 0.397. The molecule has 0 amide bonds. The Bertz CT molecular complexity index is 1030. The summed E-state index contributed by atoms with van der Waals surface area (Å²) in [7, 11) is -4.62. The summed E-state index contributed by atoms with van der Waals surface area (Å²) in [5.41, 5.74) is 8.42. The van der Waals surface area contributed by atoms with Gasteiger partial charge in [-0.15, -0.1) is 0 Å². The lowest BCUT2D eigenvalue weighted by atomic mass is 10.0. The number of ether oxygens (including phenoxy) is 1. The summed E-state index contributed by atoms with van der Waals surface area (Å²) < 4.78 is 17.7. The highest BCUT2D eigenvalue weighted by atomic mass is 31.2. The highest BCUT2D eigenvalue weighted by Gasteiger charge is 2.35. The molecule has 5 N–H and O–H groups in total. The lowest BCUT2D eigenvalue weighted by Crippen LogP contribution is -2.44. The molecule has 0 fully saturated rings. The summed E-state index contributed by atoms with van der Waals surface area (Å²) in [6, 6.07) is 24.3. The molecule has 3 aromatic carbocycles. The molecule has 0 aliphatic rings. The number of benzene rings is 3. The standard InChI is InChI=1S/C24H27N2O5P/c25-24(32(28,29)30)23(26-21(16-27)15-18-7-3-1-4-8-18)20-11-13-22(14-12-20)31-17-19-9-5-2-6-10-19/h1-14,16,21,23-24,26H,15,17,25H2,(H2,28,29,30)/t21-,23?,24?/m0/s1. The third kappa shape index (κ3) is 6.85. The van der Waals surface area contributed by atoms with E-state index in [1.165, 1.54) is 0 Å². The van der Waals surface area contributed by atoms with E-state index in [2.05, 4.69) is 5.32 Å². The van der Waals surface area contributed by atoms with Crippen LogP contribution in [-0.4, -0.2) is 27.9 Å². The molecule has 0 aliphatic heterocycles. The second kappa shape index (κ2) is 11.2. The van der Waals surface area contributed by atoms with Crippen LogP contribution in [-0.2, 0) is 22.4 Å². The Hall–Kier alpha value is -2.80. The van der Waals surface area contributed by atoms with Gasteiger partial charge in [0.25, 0.3) is 0 Å². The third-order valence-corrected chi connectivity index (χ3v) is 6.15. The Balaban J connectivity index is 1.75. The van der Waals surface area contributed by atoms with Crippen molar-refractivity contribution < 1.29 is 23.9 Å². The Morgan fingerprint density at radius 3 is 2.00 bits per heavy atom. The molecular weight excluding hydrogens is 427 g/mol. The van der Waals surface area contributed by atoms with E-state index >= 15 is 0 Å². The second-order valence-corrected chi connectivity index (χ2v) is 9.27. The van der Waals surface area contributed by atoms with Crippen LogP contribution in [0.4, 0.5) is 0 Å². The molecule has 7 nitrogen and oxygen atoms in total. The van der Waals surface area contributed by atoms with E-state index < -0.39 is 25.5 Å². The zero-order valence-corrected chi connectivity index (χ0v) is 18.3. The predicted molar refractivity (Wildman–Crippen MR) is 123 cm³/mol. The zero-order valence-electron chi connectivity index (χ0n) is 17.5. The van der Waals surface area contributed by atoms with Gasteiger partial charge in [-0.2, -0.15) is 0 Å². The van der Waals surface area contributed by atoms with Crippen LogP contribution >= 0.6 is 7.60 Å². The Morgan fingerprint density at radius 1 is 0.906 bits per heavy atom. The van der Waals surface area contributed by atoms with E-state index in [0.717, 1.165) is 17.4 Å². The monoisotopic (exact) mass is 454 g/mol. The molecule has 3 rings (SSSR count). The van der Waals surface area contributed by atoms with Gasteiger partial charge in [-0.05, 0) is 35.2 Å². The maximum Gasteiger partial charge on any atom is 0.344 e. The lowest BCUT2D eigenvalue weighted by Gasteiger charge is -2.29. The van der Waals surface area contributed by atoms with Crippen LogP contribution in [0.5, 0.6) is 5.75 Å². The first-order chi connectivity index (χ1) is 15.4. The van der Waals surface area contributed by atoms with Gasteiger partial charge in [0.1, 0.15) is 24.4 Å². The molecule has 0 heterocycles. The molecule has 32 heavy (non-hydrogen) atoms. The Kier molecular flexibility index (Phi) is 8.33. The molecule has 2 unspecified atom stereocenters. The SMILES string of the molecule is NC(C(N[C@H](C=O)Cc1ccccc1)c1ccc(OCc2ccccc2)cc1)P(=O)(O)O. The number of carbonyl (C=O) groups excluding carboxylic acids is 1. The average Bonchev–Trinajstić information content (AvgIpc) is 2.81. The highest BCUT2D eigenvalue weighted by molar-refractivity contribution is 7.52. The van der Waals surface area contributed by atoms with Gasteiger partial charge in [0.05, 0.1) is 12.1 Å². The molecule has 168 valence electrons. The van der Waals surface area contributed by atoms with E-state index in [-0.39, 0.29) is 0 Å². The van der Waals surface area contributed by atoms with Gasteiger partial charge in [0.15, 0.2) is 0 Å². The maximum absolute atomic E-state index is 11.9. The number of nitrogens with one attached hydrogen (secondary N) is 1. The van der Waals surface area contributed by atoms with Crippen molar-refractivity contribution in [2.24, 2.45) is 5.73 Å². The number of carbonyl (C=O) groups is 1. The minimum atomic E-state index is -4.62. The van der Waals surface area contributed by atoms with Gasteiger partial charge in [0.2, 0.25) is 0 Å². The first-order valence-corrected chi connectivity index (χ1v) is 11.9. The van der Waals surface area contributed by atoms with Crippen LogP contribution < -0.4 is 15.8 Å². The summed E-state index contributed by atoms with van der Waals surface area (Å²) in [5, 5.41) is 3.03. The van der Waals surface area contributed by atoms with Gasteiger partial charge in [-0.1, -0.05) is 72.8 Å². The second-order valence-electron chi connectivity index (χ2n) is 7.50. The fraction of sp³-hybridized carbons (Fsp3) is 0.208. The molecule has 0 aromatic heterocycles. The van der Waals surface area contributed by atoms with Gasteiger partial charge in [-0.3, -0.25) is 9.88 Å². The van der Waals surface area contributed by atoms with E-state index in [1.807, 2.05) is 60.7 Å². The number of hydrogen-bond donors (Lipinski definition) is 4. The Morgan fingerprint density at radius 2 is 1.47 bits per heavy atom. The smallest absolute Gasteiger partial charge is 0.344 e. The number of nitrogens with two attached hydrogens (primary N) is 1. The third-order valence-electron chi connectivity index (χ3n) is 5.07. The average molecular weight is 454 g/mol. The molecule has 0 saturated heterocycles. The normalized spacial score (nSPS) is 14.3. The van der Waals surface area contributed by atoms with Crippen molar-refractivity contribution in [2.75, 3.05) is 0 Å². The van der Waals surface area contributed by atoms with E-state index in [4.69, 9.17) is 10.5 Å². The van der Waals surface area contributed by atoms with Crippen LogP contribution in [0.15, 0.2) is 84.9 Å². The topological polar surface area (TPSA) is 122 Å². The van der Waals surface area contributed by atoms with E-state index in [9.17, 15) is 19.1 Å². The first-order valence-electron chi connectivity index (χ1n) is 10.2. The van der Waals surface area contributed by atoms with Gasteiger partial charge in [0, 0.05) is 0 Å². The van der Waals surface area contributed by atoms with Crippen LogP contribution in [0, 0.1) is 0 Å². The Labute approximate surface area is 187 Å². The van der Waals surface area contributed by atoms with Crippen molar-refractivity contribution in [1.82, 2.24) is 5.32 Å². The van der Waals surface area contributed by atoms with Crippen LogP contribution in [0.1, 0.15) is 22.7 Å². The van der Waals surface area contributed by atoms with Crippen molar-refractivity contribution in [2.45, 2.75) is 30.9 Å². The number of rotatable bonds is 11. The molecule has 0 aliphatic carbocycles. The molecule has 8 heteroatoms. The van der Waals surface area contributed by atoms with Crippen molar-refractivity contribution in [3.05, 3.63) is 102 Å². The molecule has 0 bridgehead atoms. The van der Waals surface area contributed by atoms with Gasteiger partial charge in [-0.25, -0.2) is 0 Å². The van der Waals surface area contributed by atoms with Gasteiger partial charge >= 0.3 is 7.60 Å². The van der Waals surface area contributed by atoms with E-state index in [0.29, 0.717) is 24.3 Å². The number of aldehydes is 1. The summed E-state index contributed by atoms with van der Waals surface area (Å²) in [4.78, 5) is 31.1. The van der Waals surface area contributed by atoms with Gasteiger partial charge < -0.3 is 25.1 Å². The van der Waals surface area contributed by atoms with Crippen molar-refractivity contribution >= 4 is 13.9 Å². The van der Waals surface area contributed by atoms with Crippen LogP contribution in [0.25, 0.3) is 0 Å². The molecular formula is C24H27N2O5P. The molecule has 0 spiro atoms. The van der Waals surface area contributed by atoms with E-state index in [1.54, 1.807) is 24.3 Å². The largest absolute Gasteiger partial charge is 0.489 e. The summed E-state index contributed by atoms with van der Waals surface area (Å²) in [6.07, 6.45) is 1.09. The van der Waals surface area contributed by atoms with Crippen LogP contribution in [0.3, 0.4) is 0 Å². The number of hydrogen-bond acceptors (Lipinski definition) is 5. The maximum atomic E-state index is 11.9. The molecule has 3 atom stereocenters. The van der Waals surface area contributed by atoms with Crippen molar-refractivity contribution in [3.8, 4) is 5.75 Å². The predicted octanol–water partition coefficient (Wildman–Crippen LogP) is 3.17. The quantitative estimate of drug-likeness (QED) is 0.259. The molecule has 0 radical (unpaired) electrons. The highest BCUT2D eigenvalue weighted by Crippen LogP contribution is 2.44. The fourth-order valence-corrected chi connectivity index (χ4v) is 3.99. The zero-order chi connectivity index (χ0) is 23.0. The van der Waals surface area contributed by atoms with Crippen LogP contribution in [0.2, 0.25) is 0 Å². The molecule has 0 saturated carbocycles. The summed E-state index contributed by atoms with van der Waals surface area (Å²) >= 11 is 0. The minimum absolute atomic E-state index is 0.368. The fourth-order valence-electron chi connectivity index (χ4n) is 3.34.